The fourth-order valence-electron chi connectivity index (χ4n) is 1.43. The highest BCUT2D eigenvalue weighted by molar-refractivity contribution is 5.50. The van der Waals surface area contributed by atoms with Gasteiger partial charge in [0.25, 0.3) is 0 Å². The van der Waals surface area contributed by atoms with Crippen LogP contribution in [0.4, 0.5) is 8.78 Å². The van der Waals surface area contributed by atoms with Crippen molar-refractivity contribution in [3.05, 3.63) is 23.3 Å². The summed E-state index contributed by atoms with van der Waals surface area (Å²) in [6.07, 6.45) is 0. The summed E-state index contributed by atoms with van der Waals surface area (Å²) in [7, 11) is 2.50. The zero-order valence-electron chi connectivity index (χ0n) is 9.60. The zero-order valence-corrected chi connectivity index (χ0v) is 9.60. The van der Waals surface area contributed by atoms with Crippen LogP contribution in [0.15, 0.2) is 6.07 Å². The molecular weight excluding hydrogens is 218 g/mol. The van der Waals surface area contributed by atoms with E-state index in [0.717, 1.165) is 6.07 Å². The maximum Gasteiger partial charge on any atom is 0.204 e. The Morgan fingerprint density at radius 1 is 1.12 bits per heavy atom. The first-order chi connectivity index (χ1) is 7.32. The molecule has 5 heteroatoms. The summed E-state index contributed by atoms with van der Waals surface area (Å²) in [5, 5.41) is 9.81. The minimum atomic E-state index is -1.35. The molecule has 3 nitrogen and oxygen atoms in total. The van der Waals surface area contributed by atoms with Crippen LogP contribution in [0.5, 0.6) is 11.5 Å². The summed E-state index contributed by atoms with van der Waals surface area (Å²) in [6.45, 7) is 2.89. The molecular formula is C11H14F2O3. The standard InChI is InChI=1S/C11H14F2O3/c1-11(2,14)6-5-7(12)8(13)10(16-4)9(6)15-3/h5,14H,1-4H3. The summed E-state index contributed by atoms with van der Waals surface area (Å²) in [4.78, 5) is 0. The number of ether oxygens (including phenoxy) is 2. The Hall–Kier alpha value is -1.36. The van der Waals surface area contributed by atoms with Crippen LogP contribution in [0.2, 0.25) is 0 Å². The Labute approximate surface area is 92.6 Å². The van der Waals surface area contributed by atoms with Gasteiger partial charge in [0.05, 0.1) is 19.8 Å². The minimum Gasteiger partial charge on any atom is -0.492 e. The van der Waals surface area contributed by atoms with Crippen molar-refractivity contribution in [2.45, 2.75) is 19.4 Å². The molecule has 1 rings (SSSR count). The zero-order chi connectivity index (χ0) is 12.5. The number of methoxy groups -OCH3 is 2. The molecule has 0 spiro atoms. The smallest absolute Gasteiger partial charge is 0.204 e. The number of halogens is 2. The van der Waals surface area contributed by atoms with Crippen molar-refractivity contribution in [2.75, 3.05) is 14.2 Å². The molecule has 0 aliphatic carbocycles. The molecule has 0 amide bonds. The second kappa shape index (κ2) is 4.25. The van der Waals surface area contributed by atoms with E-state index in [2.05, 4.69) is 0 Å². The monoisotopic (exact) mass is 232 g/mol. The Morgan fingerprint density at radius 3 is 2.00 bits per heavy atom. The van der Waals surface area contributed by atoms with Crippen molar-refractivity contribution in [1.29, 1.82) is 0 Å². The minimum absolute atomic E-state index is 0.00565. The fourth-order valence-corrected chi connectivity index (χ4v) is 1.43. The summed E-state index contributed by atoms with van der Waals surface area (Å²) < 4.78 is 36.3. The van der Waals surface area contributed by atoms with E-state index in [1.165, 1.54) is 28.1 Å². The first-order valence-corrected chi connectivity index (χ1v) is 4.65. The first-order valence-electron chi connectivity index (χ1n) is 4.65. The molecule has 0 saturated carbocycles. The maximum atomic E-state index is 13.4. The molecule has 1 N–H and O–H groups in total. The molecule has 0 saturated heterocycles. The lowest BCUT2D eigenvalue weighted by Crippen LogP contribution is -2.18. The highest BCUT2D eigenvalue weighted by Crippen LogP contribution is 2.40. The van der Waals surface area contributed by atoms with Gasteiger partial charge in [0.15, 0.2) is 17.3 Å². The van der Waals surface area contributed by atoms with E-state index in [9.17, 15) is 13.9 Å². The number of hydrogen-bond donors (Lipinski definition) is 1. The van der Waals surface area contributed by atoms with E-state index in [1.54, 1.807) is 0 Å². The molecule has 0 bridgehead atoms. The van der Waals surface area contributed by atoms with Gasteiger partial charge in [0.2, 0.25) is 5.82 Å². The summed E-state index contributed by atoms with van der Waals surface area (Å²) in [5.74, 6) is -2.57. The molecule has 1 aromatic rings. The predicted octanol–water partition coefficient (Wildman–Crippen LogP) is 2.21. The van der Waals surface area contributed by atoms with E-state index in [0.29, 0.717) is 0 Å². The molecule has 0 aromatic heterocycles. The topological polar surface area (TPSA) is 38.7 Å². The average Bonchev–Trinajstić information content (AvgIpc) is 2.19. The lowest BCUT2D eigenvalue weighted by molar-refractivity contribution is 0.0744. The quantitative estimate of drug-likeness (QED) is 0.868. The van der Waals surface area contributed by atoms with Gasteiger partial charge in [-0.2, -0.15) is 4.39 Å². The Balaban J connectivity index is 3.57. The first kappa shape index (κ1) is 12.7. The van der Waals surface area contributed by atoms with Crippen LogP contribution in [-0.4, -0.2) is 19.3 Å². The summed E-state index contributed by atoms with van der Waals surface area (Å²) in [6, 6.07) is 0.899. The van der Waals surface area contributed by atoms with Gasteiger partial charge in [-0.3, -0.25) is 0 Å². The van der Waals surface area contributed by atoms with Gasteiger partial charge in [-0.25, -0.2) is 4.39 Å². The molecule has 0 aliphatic heterocycles. The molecule has 16 heavy (non-hydrogen) atoms. The van der Waals surface area contributed by atoms with Crippen molar-refractivity contribution in [3.63, 3.8) is 0 Å². The predicted molar refractivity (Wildman–Crippen MR) is 54.7 cm³/mol. The van der Waals surface area contributed by atoms with Gasteiger partial charge in [-0.05, 0) is 19.9 Å². The van der Waals surface area contributed by atoms with Gasteiger partial charge in [0, 0.05) is 5.56 Å². The molecule has 0 heterocycles. The molecule has 0 fully saturated rings. The summed E-state index contributed by atoms with van der Waals surface area (Å²) >= 11 is 0. The van der Waals surface area contributed by atoms with Crippen molar-refractivity contribution in [2.24, 2.45) is 0 Å². The number of rotatable bonds is 3. The van der Waals surface area contributed by atoms with E-state index in [4.69, 9.17) is 9.47 Å². The largest absolute Gasteiger partial charge is 0.492 e. The lowest BCUT2D eigenvalue weighted by atomic mass is 9.96. The number of aliphatic hydroxyl groups is 1. The van der Waals surface area contributed by atoms with Crippen LogP contribution in [0, 0.1) is 11.6 Å². The van der Waals surface area contributed by atoms with Crippen LogP contribution in [0.3, 0.4) is 0 Å². The molecule has 0 radical (unpaired) electrons. The van der Waals surface area contributed by atoms with Gasteiger partial charge < -0.3 is 14.6 Å². The second-order valence-electron chi connectivity index (χ2n) is 3.85. The third-order valence-corrected chi connectivity index (χ3v) is 2.20. The molecule has 1 aromatic carbocycles. The van der Waals surface area contributed by atoms with Crippen LogP contribution in [-0.2, 0) is 5.60 Å². The third kappa shape index (κ3) is 2.09. The molecule has 90 valence electrons. The number of benzene rings is 1. The van der Waals surface area contributed by atoms with Gasteiger partial charge >= 0.3 is 0 Å². The molecule has 0 atom stereocenters. The van der Waals surface area contributed by atoms with E-state index in [1.807, 2.05) is 0 Å². The van der Waals surface area contributed by atoms with Crippen molar-refractivity contribution < 1.29 is 23.4 Å². The van der Waals surface area contributed by atoms with Gasteiger partial charge in [-0.15, -0.1) is 0 Å². The highest BCUT2D eigenvalue weighted by Gasteiger charge is 2.28. The average molecular weight is 232 g/mol. The Morgan fingerprint density at radius 2 is 1.62 bits per heavy atom. The maximum absolute atomic E-state index is 13.4. The van der Waals surface area contributed by atoms with Crippen LogP contribution in [0.25, 0.3) is 0 Å². The van der Waals surface area contributed by atoms with Crippen LogP contribution >= 0.6 is 0 Å². The van der Waals surface area contributed by atoms with Crippen molar-refractivity contribution in [1.82, 2.24) is 0 Å². The lowest BCUT2D eigenvalue weighted by Gasteiger charge is -2.22. The van der Waals surface area contributed by atoms with E-state index in [-0.39, 0.29) is 17.1 Å². The van der Waals surface area contributed by atoms with Crippen molar-refractivity contribution >= 4 is 0 Å². The van der Waals surface area contributed by atoms with Crippen LogP contribution in [0.1, 0.15) is 19.4 Å². The van der Waals surface area contributed by atoms with Crippen molar-refractivity contribution in [3.8, 4) is 11.5 Å². The number of hydrogen-bond acceptors (Lipinski definition) is 3. The third-order valence-electron chi connectivity index (χ3n) is 2.20. The van der Waals surface area contributed by atoms with Gasteiger partial charge in [0.1, 0.15) is 0 Å². The Bertz CT molecular complexity index is 397. The van der Waals surface area contributed by atoms with Gasteiger partial charge in [-0.1, -0.05) is 0 Å². The van der Waals surface area contributed by atoms with E-state index >= 15 is 0 Å². The SMILES string of the molecule is COc1c(C(C)(C)O)cc(F)c(F)c1OC. The normalized spacial score (nSPS) is 11.4. The summed E-state index contributed by atoms with van der Waals surface area (Å²) in [5.41, 5.74) is -1.22. The molecule has 0 unspecified atom stereocenters. The van der Waals surface area contributed by atoms with Crippen LogP contribution < -0.4 is 9.47 Å². The second-order valence-corrected chi connectivity index (χ2v) is 3.85. The van der Waals surface area contributed by atoms with E-state index < -0.39 is 17.2 Å². The fraction of sp³-hybridized carbons (Fsp3) is 0.455. The highest BCUT2D eigenvalue weighted by atomic mass is 19.2. The molecule has 0 aliphatic rings. The Kier molecular flexibility index (Phi) is 3.38.